The van der Waals surface area contributed by atoms with Gasteiger partial charge in [0.2, 0.25) is 0 Å². The highest BCUT2D eigenvalue weighted by molar-refractivity contribution is 6.63. The third-order valence-electron chi connectivity index (χ3n) is 5.13. The second-order valence-corrected chi connectivity index (χ2v) is 7.56. The van der Waals surface area contributed by atoms with Crippen molar-refractivity contribution in [2.24, 2.45) is 0 Å². The van der Waals surface area contributed by atoms with Crippen molar-refractivity contribution in [1.29, 1.82) is 0 Å². The predicted molar refractivity (Wildman–Crippen MR) is 91.4 cm³/mol. The Morgan fingerprint density at radius 2 is 1.65 bits per heavy atom. The number of hydrogen-bond donors (Lipinski definition) is 0. The van der Waals surface area contributed by atoms with Crippen LogP contribution in [-0.4, -0.2) is 37.6 Å². The van der Waals surface area contributed by atoms with Crippen molar-refractivity contribution >= 4 is 12.6 Å². The second-order valence-electron chi connectivity index (χ2n) is 7.56. The summed E-state index contributed by atoms with van der Waals surface area (Å²) in [5.41, 5.74) is 1.46. The first kappa shape index (κ1) is 16.8. The molecular weight excluding hydrogens is 291 g/mol. The summed E-state index contributed by atoms with van der Waals surface area (Å²) in [6.07, 6.45) is 2.06. The van der Waals surface area contributed by atoms with Gasteiger partial charge in [0.05, 0.1) is 24.4 Å². The van der Waals surface area contributed by atoms with Crippen LogP contribution in [0.15, 0.2) is 18.2 Å². The van der Waals surface area contributed by atoms with Crippen LogP contribution in [0.2, 0.25) is 0 Å². The highest BCUT2D eigenvalue weighted by Gasteiger charge is 2.52. The number of aryl methyl sites for hydroxylation is 1. The first-order valence-corrected chi connectivity index (χ1v) is 8.49. The topological polar surface area (TPSA) is 36.9 Å². The van der Waals surface area contributed by atoms with Crippen LogP contribution in [0.3, 0.4) is 0 Å². The Labute approximate surface area is 139 Å². The molecule has 1 aromatic carbocycles. The van der Waals surface area contributed by atoms with Crippen molar-refractivity contribution < 1.29 is 18.8 Å². The normalized spacial score (nSPS) is 24.0. The minimum absolute atomic E-state index is 0.202. The van der Waals surface area contributed by atoms with Crippen LogP contribution < -0.4 is 10.2 Å². The lowest BCUT2D eigenvalue weighted by Gasteiger charge is -2.32. The summed E-state index contributed by atoms with van der Waals surface area (Å²) in [5.74, 6) is 0.862. The van der Waals surface area contributed by atoms with Crippen molar-refractivity contribution in [3.8, 4) is 5.75 Å². The maximum absolute atomic E-state index is 6.25. The average molecular weight is 318 g/mol. The average Bonchev–Trinajstić information content (AvgIpc) is 2.70. The molecule has 2 saturated heterocycles. The second kappa shape index (κ2) is 6.12. The molecule has 5 heteroatoms. The van der Waals surface area contributed by atoms with Gasteiger partial charge in [-0.2, -0.15) is 0 Å². The Kier molecular flexibility index (Phi) is 4.47. The number of benzene rings is 1. The minimum Gasteiger partial charge on any atom is -0.491 e. The Bertz CT molecular complexity index is 548. The summed E-state index contributed by atoms with van der Waals surface area (Å²) in [5, 5.41) is 0. The molecule has 2 aliphatic rings. The van der Waals surface area contributed by atoms with E-state index in [9.17, 15) is 0 Å². The third kappa shape index (κ3) is 3.42. The van der Waals surface area contributed by atoms with Crippen LogP contribution in [0.4, 0.5) is 0 Å². The van der Waals surface area contributed by atoms with Crippen LogP contribution in [0, 0.1) is 6.92 Å². The molecule has 1 aromatic rings. The summed E-state index contributed by atoms with van der Waals surface area (Å²) in [6.45, 7) is 11.9. The molecular formula is C18H27BO4. The Hall–Kier alpha value is -1.04. The van der Waals surface area contributed by atoms with Gasteiger partial charge in [-0.15, -0.1) is 0 Å². The van der Waals surface area contributed by atoms with Gasteiger partial charge in [-0.3, -0.25) is 0 Å². The van der Waals surface area contributed by atoms with Gasteiger partial charge in [0.15, 0.2) is 0 Å². The summed E-state index contributed by atoms with van der Waals surface area (Å²) in [6, 6.07) is 6.21. The molecule has 0 aliphatic carbocycles. The summed E-state index contributed by atoms with van der Waals surface area (Å²) in [4.78, 5) is 0. The van der Waals surface area contributed by atoms with E-state index >= 15 is 0 Å². The highest BCUT2D eigenvalue weighted by Crippen LogP contribution is 2.37. The molecule has 23 heavy (non-hydrogen) atoms. The fourth-order valence-corrected chi connectivity index (χ4v) is 2.90. The van der Waals surface area contributed by atoms with Gasteiger partial charge in [-0.05, 0) is 40.7 Å². The molecule has 0 unspecified atom stereocenters. The van der Waals surface area contributed by atoms with Crippen LogP contribution in [0.25, 0.3) is 0 Å². The van der Waals surface area contributed by atoms with Gasteiger partial charge in [-0.1, -0.05) is 17.7 Å². The van der Waals surface area contributed by atoms with E-state index in [4.69, 9.17) is 18.8 Å². The van der Waals surface area contributed by atoms with Crippen molar-refractivity contribution in [3.05, 3.63) is 23.8 Å². The van der Waals surface area contributed by atoms with Crippen LogP contribution in [-0.2, 0) is 14.0 Å². The van der Waals surface area contributed by atoms with Gasteiger partial charge in [-0.25, -0.2) is 0 Å². The van der Waals surface area contributed by atoms with Crippen molar-refractivity contribution in [1.82, 2.24) is 0 Å². The monoisotopic (exact) mass is 318 g/mol. The molecule has 2 fully saturated rings. The molecule has 0 radical (unpaired) electrons. The number of hydrogen-bond acceptors (Lipinski definition) is 4. The first-order chi connectivity index (χ1) is 10.8. The molecule has 3 rings (SSSR count). The van der Waals surface area contributed by atoms with Crippen LogP contribution in [0.5, 0.6) is 5.75 Å². The molecule has 0 atom stereocenters. The van der Waals surface area contributed by atoms with Crippen LogP contribution >= 0.6 is 0 Å². The smallest absolute Gasteiger partial charge is 0.491 e. The Balaban J connectivity index is 1.85. The SMILES string of the molecule is Cc1ccc(OC2CCOCC2)c(B2OC(C)(C)C(C)(C)O2)c1. The van der Waals surface area contributed by atoms with Crippen LogP contribution in [0.1, 0.15) is 46.1 Å². The van der Waals surface area contributed by atoms with Crippen molar-refractivity contribution in [2.75, 3.05) is 13.2 Å². The molecule has 126 valence electrons. The van der Waals surface area contributed by atoms with E-state index < -0.39 is 7.12 Å². The van der Waals surface area contributed by atoms with E-state index in [1.807, 2.05) is 6.07 Å². The molecule has 0 amide bonds. The Morgan fingerprint density at radius 3 is 2.26 bits per heavy atom. The van der Waals surface area contributed by atoms with E-state index in [-0.39, 0.29) is 17.3 Å². The standard InChI is InChI=1S/C18H27BO4/c1-13-6-7-16(21-14-8-10-20-11-9-14)15(12-13)19-22-17(2,3)18(4,5)23-19/h6-7,12,14H,8-11H2,1-5H3. The van der Waals surface area contributed by atoms with E-state index in [1.54, 1.807) is 0 Å². The quantitative estimate of drug-likeness (QED) is 0.803. The van der Waals surface area contributed by atoms with Gasteiger partial charge >= 0.3 is 7.12 Å². The molecule has 0 saturated carbocycles. The van der Waals surface area contributed by atoms with E-state index in [0.717, 1.165) is 37.3 Å². The maximum atomic E-state index is 6.25. The van der Waals surface area contributed by atoms with E-state index in [0.29, 0.717) is 0 Å². The predicted octanol–water partition coefficient (Wildman–Crippen LogP) is 2.85. The molecule has 2 heterocycles. The summed E-state index contributed by atoms with van der Waals surface area (Å²) >= 11 is 0. The molecule has 0 bridgehead atoms. The summed E-state index contributed by atoms with van der Waals surface area (Å²) in [7, 11) is -0.394. The zero-order valence-corrected chi connectivity index (χ0v) is 14.8. The first-order valence-electron chi connectivity index (χ1n) is 8.49. The lowest BCUT2D eigenvalue weighted by Crippen LogP contribution is -2.41. The van der Waals surface area contributed by atoms with Gasteiger partial charge in [0.25, 0.3) is 0 Å². The molecule has 2 aliphatic heterocycles. The van der Waals surface area contributed by atoms with Crippen molar-refractivity contribution in [2.45, 2.75) is 64.8 Å². The van der Waals surface area contributed by atoms with Gasteiger partial charge in [0.1, 0.15) is 11.9 Å². The largest absolute Gasteiger partial charge is 0.498 e. The molecule has 4 nitrogen and oxygen atoms in total. The van der Waals surface area contributed by atoms with Gasteiger partial charge < -0.3 is 18.8 Å². The maximum Gasteiger partial charge on any atom is 0.498 e. The molecule has 0 aromatic heterocycles. The zero-order chi connectivity index (χ0) is 16.7. The fourth-order valence-electron chi connectivity index (χ4n) is 2.90. The molecule has 0 spiro atoms. The minimum atomic E-state index is -0.394. The Morgan fingerprint density at radius 1 is 1.04 bits per heavy atom. The van der Waals surface area contributed by atoms with E-state index in [1.165, 1.54) is 5.56 Å². The van der Waals surface area contributed by atoms with E-state index in [2.05, 4.69) is 46.8 Å². The fraction of sp³-hybridized carbons (Fsp3) is 0.667. The lowest BCUT2D eigenvalue weighted by molar-refractivity contribution is 0.00578. The number of rotatable bonds is 3. The number of ether oxygens (including phenoxy) is 2. The third-order valence-corrected chi connectivity index (χ3v) is 5.13. The molecule has 0 N–H and O–H groups in total. The lowest BCUT2D eigenvalue weighted by atomic mass is 9.77. The zero-order valence-electron chi connectivity index (χ0n) is 14.8. The summed E-state index contributed by atoms with van der Waals surface area (Å²) < 4.78 is 24.1. The highest BCUT2D eigenvalue weighted by atomic mass is 16.7. The van der Waals surface area contributed by atoms with Gasteiger partial charge in [0, 0.05) is 18.3 Å². The van der Waals surface area contributed by atoms with Crippen molar-refractivity contribution in [3.63, 3.8) is 0 Å².